The quantitative estimate of drug-likeness (QED) is 0.862. The molecule has 0 aliphatic heterocycles. The Morgan fingerprint density at radius 3 is 2.93 bits per heavy atom. The van der Waals surface area contributed by atoms with Crippen LogP contribution in [0.25, 0.3) is 10.2 Å². The van der Waals surface area contributed by atoms with Gasteiger partial charge < -0.3 is 5.32 Å². The van der Waals surface area contributed by atoms with Crippen LogP contribution in [0.15, 0.2) is 11.4 Å². The van der Waals surface area contributed by atoms with Crippen LogP contribution >= 0.6 is 11.3 Å². The van der Waals surface area contributed by atoms with Gasteiger partial charge in [0, 0.05) is 13.0 Å². The molecule has 0 aliphatic rings. The van der Waals surface area contributed by atoms with E-state index in [4.69, 9.17) is 0 Å². The lowest BCUT2D eigenvalue weighted by Gasteiger charge is -2.06. The summed E-state index contributed by atoms with van der Waals surface area (Å²) in [5.41, 5.74) is 0. The first-order chi connectivity index (χ1) is 7.35. The molecule has 0 saturated carbocycles. The van der Waals surface area contributed by atoms with E-state index >= 15 is 0 Å². The van der Waals surface area contributed by atoms with Crippen LogP contribution in [-0.4, -0.2) is 16.5 Å². The molecular weight excluding hydrogens is 206 g/mol. The van der Waals surface area contributed by atoms with Crippen molar-refractivity contribution in [3.8, 4) is 0 Å². The van der Waals surface area contributed by atoms with Crippen molar-refractivity contribution in [3.05, 3.63) is 17.3 Å². The molecule has 0 amide bonds. The molecule has 0 saturated heterocycles. The van der Waals surface area contributed by atoms with E-state index in [9.17, 15) is 0 Å². The van der Waals surface area contributed by atoms with Crippen LogP contribution in [0.3, 0.4) is 0 Å². The highest BCUT2D eigenvalue weighted by atomic mass is 32.1. The molecule has 0 radical (unpaired) electrons. The van der Waals surface area contributed by atoms with Crippen LogP contribution < -0.4 is 5.32 Å². The summed E-state index contributed by atoms with van der Waals surface area (Å²) < 4.78 is 0. The molecule has 2 rings (SSSR count). The van der Waals surface area contributed by atoms with Crippen LogP contribution in [0.5, 0.6) is 0 Å². The minimum Gasteiger partial charge on any atom is -0.369 e. The second kappa shape index (κ2) is 4.57. The van der Waals surface area contributed by atoms with E-state index in [2.05, 4.69) is 40.6 Å². The van der Waals surface area contributed by atoms with Gasteiger partial charge >= 0.3 is 0 Å². The molecule has 0 unspecified atom stereocenters. The Bertz CT molecular complexity index is 450. The summed E-state index contributed by atoms with van der Waals surface area (Å²) in [6, 6.07) is 2.08. The van der Waals surface area contributed by atoms with E-state index in [1.54, 1.807) is 11.3 Å². The number of hydrogen-bond donors (Lipinski definition) is 1. The van der Waals surface area contributed by atoms with Gasteiger partial charge in [0.15, 0.2) is 0 Å². The number of nitrogens with one attached hydrogen (secondary N) is 1. The lowest BCUT2D eigenvalue weighted by Crippen LogP contribution is -2.04. The molecule has 3 nitrogen and oxygen atoms in total. The van der Waals surface area contributed by atoms with Crippen molar-refractivity contribution in [3.63, 3.8) is 0 Å². The number of aromatic nitrogens is 2. The van der Waals surface area contributed by atoms with Gasteiger partial charge in [-0.3, -0.25) is 0 Å². The topological polar surface area (TPSA) is 37.8 Å². The molecule has 15 heavy (non-hydrogen) atoms. The van der Waals surface area contributed by atoms with Crippen molar-refractivity contribution in [2.75, 3.05) is 11.9 Å². The standard InChI is InChI=1S/C11H15N3S/c1-3-6-12-10-8-5-7-15-11(8)14-9(4-2)13-10/h5,7H,3-4,6H2,1-2H3,(H,12,13,14). The molecule has 2 aromatic heterocycles. The zero-order chi connectivity index (χ0) is 10.7. The summed E-state index contributed by atoms with van der Waals surface area (Å²) in [7, 11) is 0. The first-order valence-corrected chi connectivity index (χ1v) is 6.21. The van der Waals surface area contributed by atoms with Crippen LogP contribution in [0.4, 0.5) is 5.82 Å². The number of aryl methyl sites for hydroxylation is 1. The summed E-state index contributed by atoms with van der Waals surface area (Å²) in [5, 5.41) is 6.56. The van der Waals surface area contributed by atoms with Gasteiger partial charge in [0.1, 0.15) is 16.5 Å². The van der Waals surface area contributed by atoms with Crippen molar-refractivity contribution < 1.29 is 0 Å². The number of hydrogen-bond acceptors (Lipinski definition) is 4. The monoisotopic (exact) mass is 221 g/mol. The Hall–Kier alpha value is -1.16. The van der Waals surface area contributed by atoms with Crippen LogP contribution in [0.1, 0.15) is 26.1 Å². The van der Waals surface area contributed by atoms with Crippen molar-refractivity contribution in [2.24, 2.45) is 0 Å². The molecule has 0 aromatic carbocycles. The number of thiophene rings is 1. The predicted octanol–water partition coefficient (Wildman–Crippen LogP) is 3.08. The average molecular weight is 221 g/mol. The molecule has 0 spiro atoms. The fourth-order valence-corrected chi connectivity index (χ4v) is 2.22. The van der Waals surface area contributed by atoms with Crippen molar-refractivity contribution in [1.82, 2.24) is 9.97 Å². The molecular formula is C11H15N3S. The highest BCUT2D eigenvalue weighted by Gasteiger charge is 2.06. The van der Waals surface area contributed by atoms with Crippen LogP contribution in [-0.2, 0) is 6.42 Å². The molecule has 1 N–H and O–H groups in total. The number of anilines is 1. The normalized spacial score (nSPS) is 10.8. The van der Waals surface area contributed by atoms with Crippen LogP contribution in [0, 0.1) is 0 Å². The first kappa shape index (κ1) is 10.4. The molecule has 0 bridgehead atoms. The molecule has 0 fully saturated rings. The number of fused-ring (bicyclic) bond motifs is 1. The number of nitrogens with zero attached hydrogens (tertiary/aromatic N) is 2. The fraction of sp³-hybridized carbons (Fsp3) is 0.455. The second-order valence-corrected chi connectivity index (χ2v) is 4.30. The minimum absolute atomic E-state index is 0.884. The van der Waals surface area contributed by atoms with E-state index in [-0.39, 0.29) is 0 Å². The van der Waals surface area contributed by atoms with Gasteiger partial charge in [0.25, 0.3) is 0 Å². The highest BCUT2D eigenvalue weighted by molar-refractivity contribution is 7.16. The van der Waals surface area contributed by atoms with Gasteiger partial charge in [0.2, 0.25) is 0 Å². The molecule has 0 atom stereocenters. The van der Waals surface area contributed by atoms with E-state index in [1.165, 1.54) is 0 Å². The largest absolute Gasteiger partial charge is 0.369 e. The summed E-state index contributed by atoms with van der Waals surface area (Å²) in [4.78, 5) is 10.1. The van der Waals surface area contributed by atoms with Gasteiger partial charge in [0.05, 0.1) is 5.39 Å². The minimum atomic E-state index is 0.884. The number of rotatable bonds is 4. The maximum atomic E-state index is 4.51. The van der Waals surface area contributed by atoms with E-state index in [0.717, 1.165) is 41.2 Å². The van der Waals surface area contributed by atoms with Gasteiger partial charge in [-0.1, -0.05) is 13.8 Å². The van der Waals surface area contributed by atoms with Crippen LogP contribution in [0.2, 0.25) is 0 Å². The molecule has 0 aliphatic carbocycles. The summed E-state index contributed by atoms with van der Waals surface area (Å²) >= 11 is 1.67. The molecule has 80 valence electrons. The van der Waals surface area contributed by atoms with E-state index in [1.807, 2.05) is 0 Å². The Balaban J connectivity index is 2.43. The zero-order valence-electron chi connectivity index (χ0n) is 9.08. The molecule has 2 aromatic rings. The molecule has 4 heteroatoms. The summed E-state index contributed by atoms with van der Waals surface area (Å²) in [5.74, 6) is 1.91. The van der Waals surface area contributed by atoms with E-state index in [0.29, 0.717) is 0 Å². The zero-order valence-corrected chi connectivity index (χ0v) is 9.90. The summed E-state index contributed by atoms with van der Waals surface area (Å²) in [6.07, 6.45) is 1.99. The first-order valence-electron chi connectivity index (χ1n) is 5.33. The Labute approximate surface area is 93.6 Å². The fourth-order valence-electron chi connectivity index (χ4n) is 1.44. The third kappa shape index (κ3) is 2.09. The smallest absolute Gasteiger partial charge is 0.138 e. The van der Waals surface area contributed by atoms with Crippen molar-refractivity contribution in [1.29, 1.82) is 0 Å². The van der Waals surface area contributed by atoms with Gasteiger partial charge in [-0.25, -0.2) is 9.97 Å². The lowest BCUT2D eigenvalue weighted by atomic mass is 10.3. The highest BCUT2D eigenvalue weighted by Crippen LogP contribution is 2.25. The lowest BCUT2D eigenvalue weighted by molar-refractivity contribution is 0.935. The maximum absolute atomic E-state index is 4.51. The van der Waals surface area contributed by atoms with Gasteiger partial charge in [-0.05, 0) is 17.9 Å². The third-order valence-corrected chi connectivity index (χ3v) is 3.04. The summed E-state index contributed by atoms with van der Waals surface area (Å²) in [6.45, 7) is 5.20. The SMILES string of the molecule is CCCNc1nc(CC)nc2sccc12. The maximum Gasteiger partial charge on any atom is 0.138 e. The van der Waals surface area contributed by atoms with Crippen molar-refractivity contribution >= 4 is 27.4 Å². The van der Waals surface area contributed by atoms with Gasteiger partial charge in [-0.2, -0.15) is 0 Å². The predicted molar refractivity (Wildman–Crippen MR) is 65.6 cm³/mol. The Kier molecular flexibility index (Phi) is 3.16. The van der Waals surface area contributed by atoms with Crippen molar-refractivity contribution in [2.45, 2.75) is 26.7 Å². The second-order valence-electron chi connectivity index (χ2n) is 3.41. The van der Waals surface area contributed by atoms with E-state index < -0.39 is 0 Å². The van der Waals surface area contributed by atoms with Gasteiger partial charge in [-0.15, -0.1) is 11.3 Å². The Morgan fingerprint density at radius 1 is 1.33 bits per heavy atom. The Morgan fingerprint density at radius 2 is 2.20 bits per heavy atom. The third-order valence-electron chi connectivity index (χ3n) is 2.23. The average Bonchev–Trinajstić information content (AvgIpc) is 2.73. The molecule has 2 heterocycles.